The third-order valence-corrected chi connectivity index (χ3v) is 5.17. The summed E-state index contributed by atoms with van der Waals surface area (Å²) in [5, 5.41) is 2.99. The Morgan fingerprint density at radius 1 is 1.07 bits per heavy atom. The Hall–Kier alpha value is -2.82. The second-order valence-corrected chi connectivity index (χ2v) is 7.60. The number of hydrogen-bond acceptors (Lipinski definition) is 3. The predicted octanol–water partition coefficient (Wildman–Crippen LogP) is 4.27. The summed E-state index contributed by atoms with van der Waals surface area (Å²) < 4.78 is 5.23. The zero-order chi connectivity index (χ0) is 21.9. The van der Waals surface area contributed by atoms with Crippen LogP contribution in [-0.2, 0) is 22.6 Å². The van der Waals surface area contributed by atoms with Gasteiger partial charge in [-0.1, -0.05) is 62.2 Å². The number of carbonyl (C=O) groups is 2. The van der Waals surface area contributed by atoms with Crippen LogP contribution in [0.25, 0.3) is 0 Å². The number of amides is 2. The van der Waals surface area contributed by atoms with Gasteiger partial charge in [0.05, 0.1) is 13.5 Å². The Morgan fingerprint density at radius 3 is 2.40 bits per heavy atom. The third-order valence-electron chi connectivity index (χ3n) is 5.17. The number of hydrogen-bond donors (Lipinski definition) is 1. The SMILES string of the molecule is CCCCNC(=O)[C@@H](CC)N(Cc1ccc(OC)cc1)C(=O)Cc1cccc(C)c1. The highest BCUT2D eigenvalue weighted by Crippen LogP contribution is 2.18. The van der Waals surface area contributed by atoms with Gasteiger partial charge in [0.1, 0.15) is 11.8 Å². The van der Waals surface area contributed by atoms with Crippen LogP contribution in [0.5, 0.6) is 5.75 Å². The van der Waals surface area contributed by atoms with Crippen molar-refractivity contribution in [3.63, 3.8) is 0 Å². The van der Waals surface area contributed by atoms with Crippen molar-refractivity contribution < 1.29 is 14.3 Å². The van der Waals surface area contributed by atoms with E-state index in [1.165, 1.54) is 0 Å². The Kier molecular flexibility index (Phi) is 9.39. The number of aryl methyl sites for hydroxylation is 1. The van der Waals surface area contributed by atoms with E-state index < -0.39 is 6.04 Å². The molecule has 0 aliphatic rings. The number of benzene rings is 2. The van der Waals surface area contributed by atoms with Gasteiger partial charge in [0, 0.05) is 13.1 Å². The van der Waals surface area contributed by atoms with Crippen molar-refractivity contribution in [1.29, 1.82) is 0 Å². The molecule has 0 fully saturated rings. The standard InChI is InChI=1S/C25H34N2O3/c1-5-7-15-26-25(29)23(6-2)27(18-20-11-13-22(30-4)14-12-20)24(28)17-21-10-8-9-19(3)16-21/h8-14,16,23H,5-7,15,17-18H2,1-4H3,(H,26,29)/t23-/m1/s1. The first-order valence-electron chi connectivity index (χ1n) is 10.7. The van der Waals surface area contributed by atoms with Crippen LogP contribution >= 0.6 is 0 Å². The quantitative estimate of drug-likeness (QED) is 0.563. The zero-order valence-electron chi connectivity index (χ0n) is 18.6. The van der Waals surface area contributed by atoms with Gasteiger partial charge >= 0.3 is 0 Å². The smallest absolute Gasteiger partial charge is 0.242 e. The zero-order valence-corrected chi connectivity index (χ0v) is 18.6. The van der Waals surface area contributed by atoms with E-state index in [9.17, 15) is 9.59 Å². The van der Waals surface area contributed by atoms with E-state index >= 15 is 0 Å². The first-order chi connectivity index (χ1) is 14.5. The van der Waals surface area contributed by atoms with Crippen LogP contribution in [0.15, 0.2) is 48.5 Å². The lowest BCUT2D eigenvalue weighted by molar-refractivity contribution is -0.140. The fourth-order valence-electron chi connectivity index (χ4n) is 3.45. The van der Waals surface area contributed by atoms with Crippen molar-refractivity contribution in [2.45, 2.75) is 59.0 Å². The Labute approximate surface area is 180 Å². The number of nitrogens with zero attached hydrogens (tertiary/aromatic N) is 1. The van der Waals surface area contributed by atoms with Crippen LogP contribution < -0.4 is 10.1 Å². The molecule has 0 unspecified atom stereocenters. The van der Waals surface area contributed by atoms with Crippen molar-refractivity contribution in [1.82, 2.24) is 10.2 Å². The molecule has 0 aliphatic carbocycles. The highest BCUT2D eigenvalue weighted by molar-refractivity contribution is 5.88. The maximum absolute atomic E-state index is 13.3. The van der Waals surface area contributed by atoms with Crippen LogP contribution in [0.1, 0.15) is 49.8 Å². The molecule has 30 heavy (non-hydrogen) atoms. The van der Waals surface area contributed by atoms with Crippen molar-refractivity contribution >= 4 is 11.8 Å². The topological polar surface area (TPSA) is 58.6 Å². The normalized spacial score (nSPS) is 11.6. The maximum atomic E-state index is 13.3. The molecule has 1 atom stereocenters. The molecule has 5 heteroatoms. The molecule has 0 bridgehead atoms. The van der Waals surface area contributed by atoms with Crippen LogP contribution in [0.4, 0.5) is 0 Å². The monoisotopic (exact) mass is 410 g/mol. The molecule has 0 aromatic heterocycles. The van der Waals surface area contributed by atoms with Crippen molar-refractivity contribution in [3.05, 3.63) is 65.2 Å². The highest BCUT2D eigenvalue weighted by Gasteiger charge is 2.28. The molecule has 2 aromatic carbocycles. The van der Waals surface area contributed by atoms with E-state index in [0.29, 0.717) is 19.5 Å². The van der Waals surface area contributed by atoms with Gasteiger partial charge in [-0.3, -0.25) is 9.59 Å². The first kappa shape index (κ1) is 23.5. The second kappa shape index (κ2) is 12.0. The van der Waals surface area contributed by atoms with Gasteiger partial charge in [-0.05, 0) is 43.0 Å². The summed E-state index contributed by atoms with van der Waals surface area (Å²) in [5.74, 6) is 0.631. The van der Waals surface area contributed by atoms with E-state index in [1.54, 1.807) is 12.0 Å². The molecule has 0 spiro atoms. The van der Waals surface area contributed by atoms with Crippen LogP contribution in [-0.4, -0.2) is 36.4 Å². The molecule has 0 radical (unpaired) electrons. The van der Waals surface area contributed by atoms with Gasteiger partial charge in [-0.2, -0.15) is 0 Å². The van der Waals surface area contributed by atoms with Crippen molar-refractivity contribution in [3.8, 4) is 5.75 Å². The summed E-state index contributed by atoms with van der Waals surface area (Å²) in [6.07, 6.45) is 2.78. The fraction of sp³-hybridized carbons (Fsp3) is 0.440. The minimum atomic E-state index is -0.499. The summed E-state index contributed by atoms with van der Waals surface area (Å²) in [7, 11) is 1.63. The van der Waals surface area contributed by atoms with E-state index in [2.05, 4.69) is 12.2 Å². The summed E-state index contributed by atoms with van der Waals surface area (Å²) in [6.45, 7) is 7.07. The Morgan fingerprint density at radius 2 is 1.80 bits per heavy atom. The largest absolute Gasteiger partial charge is 0.497 e. The minimum Gasteiger partial charge on any atom is -0.497 e. The lowest BCUT2D eigenvalue weighted by Crippen LogP contribution is -2.49. The average molecular weight is 411 g/mol. The number of carbonyl (C=O) groups excluding carboxylic acids is 2. The Balaban J connectivity index is 2.24. The first-order valence-corrected chi connectivity index (χ1v) is 10.7. The van der Waals surface area contributed by atoms with Gasteiger partial charge in [-0.15, -0.1) is 0 Å². The van der Waals surface area contributed by atoms with Gasteiger partial charge in [-0.25, -0.2) is 0 Å². The molecular formula is C25H34N2O3. The maximum Gasteiger partial charge on any atom is 0.242 e. The molecular weight excluding hydrogens is 376 g/mol. The fourth-order valence-corrected chi connectivity index (χ4v) is 3.45. The number of methoxy groups -OCH3 is 1. The molecule has 0 saturated carbocycles. The van der Waals surface area contributed by atoms with Gasteiger partial charge in [0.2, 0.25) is 11.8 Å². The molecule has 0 heterocycles. The van der Waals surface area contributed by atoms with Crippen molar-refractivity contribution in [2.24, 2.45) is 0 Å². The van der Waals surface area contributed by atoms with Crippen molar-refractivity contribution in [2.75, 3.05) is 13.7 Å². The van der Waals surface area contributed by atoms with Gasteiger partial charge in [0.25, 0.3) is 0 Å². The lowest BCUT2D eigenvalue weighted by atomic mass is 10.1. The van der Waals surface area contributed by atoms with Crippen LogP contribution in [0.2, 0.25) is 0 Å². The van der Waals surface area contributed by atoms with E-state index in [0.717, 1.165) is 35.3 Å². The highest BCUT2D eigenvalue weighted by atomic mass is 16.5. The molecule has 2 aromatic rings. The summed E-state index contributed by atoms with van der Waals surface area (Å²) in [4.78, 5) is 27.9. The lowest BCUT2D eigenvalue weighted by Gasteiger charge is -2.31. The second-order valence-electron chi connectivity index (χ2n) is 7.60. The molecule has 2 rings (SSSR count). The number of rotatable bonds is 11. The average Bonchev–Trinajstić information content (AvgIpc) is 2.74. The predicted molar refractivity (Wildman–Crippen MR) is 120 cm³/mol. The molecule has 0 saturated heterocycles. The van der Waals surface area contributed by atoms with E-state index in [1.807, 2.05) is 62.4 Å². The third kappa shape index (κ3) is 6.90. The molecule has 0 aliphatic heterocycles. The van der Waals surface area contributed by atoms with Crippen LogP contribution in [0, 0.1) is 6.92 Å². The minimum absolute atomic E-state index is 0.0473. The van der Waals surface area contributed by atoms with Gasteiger partial charge < -0.3 is 15.0 Å². The Bertz CT molecular complexity index is 817. The number of ether oxygens (including phenoxy) is 1. The molecule has 2 amide bonds. The number of nitrogens with one attached hydrogen (secondary N) is 1. The van der Waals surface area contributed by atoms with Crippen LogP contribution in [0.3, 0.4) is 0 Å². The number of unbranched alkanes of at least 4 members (excludes halogenated alkanes) is 1. The van der Waals surface area contributed by atoms with E-state index in [-0.39, 0.29) is 18.2 Å². The van der Waals surface area contributed by atoms with E-state index in [4.69, 9.17) is 4.74 Å². The molecule has 5 nitrogen and oxygen atoms in total. The molecule has 1 N–H and O–H groups in total. The van der Waals surface area contributed by atoms with Gasteiger partial charge in [0.15, 0.2) is 0 Å². The summed E-state index contributed by atoms with van der Waals surface area (Å²) >= 11 is 0. The molecule has 162 valence electrons. The summed E-state index contributed by atoms with van der Waals surface area (Å²) in [5.41, 5.74) is 3.04. The summed E-state index contributed by atoms with van der Waals surface area (Å²) in [6, 6.07) is 15.1.